The number of hydrogen-bond acceptors (Lipinski definition) is 1. The van der Waals surface area contributed by atoms with E-state index >= 15 is 0 Å². The molecule has 22 heavy (non-hydrogen) atoms. The molecule has 3 nitrogen and oxygen atoms in total. The van der Waals surface area contributed by atoms with Gasteiger partial charge in [-0.2, -0.15) is 0 Å². The number of carbonyl (C=O) groups excluding carboxylic acids is 1. The zero-order chi connectivity index (χ0) is 15.5. The van der Waals surface area contributed by atoms with E-state index in [-0.39, 0.29) is 5.91 Å². The van der Waals surface area contributed by atoms with E-state index in [2.05, 4.69) is 24.1 Å². The van der Waals surface area contributed by atoms with Crippen LogP contribution in [0.5, 0.6) is 0 Å². The Kier molecular flexibility index (Phi) is 4.53. The first kappa shape index (κ1) is 15.2. The topological polar surface area (TPSA) is 36.1 Å². The van der Waals surface area contributed by atoms with Crippen LogP contribution in [0.15, 0.2) is 30.5 Å². The fourth-order valence-corrected chi connectivity index (χ4v) is 3.16. The second kappa shape index (κ2) is 6.57. The number of hydrogen-bond donors (Lipinski definition) is 1. The highest BCUT2D eigenvalue weighted by Gasteiger charge is 2.18. The molecule has 0 unspecified atom stereocenters. The van der Waals surface area contributed by atoms with Crippen molar-refractivity contribution in [3.8, 4) is 0 Å². The molecular weight excluding hydrogens is 296 g/mol. The van der Waals surface area contributed by atoms with Crippen molar-refractivity contribution >= 4 is 34.0 Å². The third kappa shape index (κ3) is 3.05. The quantitative estimate of drug-likeness (QED) is 0.877. The van der Waals surface area contributed by atoms with Crippen molar-refractivity contribution < 1.29 is 4.79 Å². The van der Waals surface area contributed by atoms with Gasteiger partial charge in [0.15, 0.2) is 0 Å². The van der Waals surface area contributed by atoms with Crippen LogP contribution in [-0.2, 0) is 4.79 Å². The molecule has 116 valence electrons. The van der Waals surface area contributed by atoms with Crippen molar-refractivity contribution in [1.29, 1.82) is 0 Å². The van der Waals surface area contributed by atoms with Crippen LogP contribution >= 0.6 is 11.6 Å². The van der Waals surface area contributed by atoms with Crippen LogP contribution in [0.25, 0.3) is 16.5 Å². The number of unbranched alkanes of at least 4 members (excludes halogenated alkanes) is 1. The highest BCUT2D eigenvalue weighted by atomic mass is 35.5. The minimum absolute atomic E-state index is 0.280. The second-order valence-electron chi connectivity index (χ2n) is 5.81. The maximum absolute atomic E-state index is 12.1. The van der Waals surface area contributed by atoms with Gasteiger partial charge in [-0.05, 0) is 30.5 Å². The van der Waals surface area contributed by atoms with Crippen molar-refractivity contribution in [1.82, 2.24) is 9.88 Å². The number of fused-ring (bicyclic) bond motifs is 1. The lowest BCUT2D eigenvalue weighted by Crippen LogP contribution is -2.34. The molecule has 3 rings (SSSR count). The molecule has 0 fully saturated rings. The zero-order valence-electron chi connectivity index (χ0n) is 12.9. The van der Waals surface area contributed by atoms with Crippen LogP contribution in [0.2, 0.25) is 5.02 Å². The van der Waals surface area contributed by atoms with Gasteiger partial charge in [0.1, 0.15) is 0 Å². The molecule has 0 radical (unpaired) electrons. The Bertz CT molecular complexity index is 717. The molecule has 0 bridgehead atoms. The Morgan fingerprint density at radius 2 is 2.27 bits per heavy atom. The Labute approximate surface area is 136 Å². The number of halogens is 1. The predicted molar refractivity (Wildman–Crippen MR) is 92.0 cm³/mol. The number of amides is 1. The number of H-pyrrole nitrogens is 1. The third-order valence-electron chi connectivity index (χ3n) is 4.30. The van der Waals surface area contributed by atoms with Gasteiger partial charge in [0, 0.05) is 47.2 Å². The Morgan fingerprint density at radius 1 is 1.41 bits per heavy atom. The molecule has 4 heteroatoms. The van der Waals surface area contributed by atoms with E-state index in [9.17, 15) is 4.79 Å². The summed E-state index contributed by atoms with van der Waals surface area (Å²) in [5, 5.41) is 1.94. The first-order chi connectivity index (χ1) is 10.7. The molecule has 2 heterocycles. The van der Waals surface area contributed by atoms with Crippen LogP contribution in [0.3, 0.4) is 0 Å². The van der Waals surface area contributed by atoms with E-state index in [0.29, 0.717) is 6.42 Å². The van der Waals surface area contributed by atoms with Crippen LogP contribution in [-0.4, -0.2) is 28.9 Å². The smallest absolute Gasteiger partial charge is 0.222 e. The summed E-state index contributed by atoms with van der Waals surface area (Å²) in [6.45, 7) is 3.65. The summed E-state index contributed by atoms with van der Waals surface area (Å²) >= 11 is 6.03. The van der Waals surface area contributed by atoms with Gasteiger partial charge >= 0.3 is 0 Å². The van der Waals surface area contributed by atoms with Gasteiger partial charge in [0.25, 0.3) is 0 Å². The van der Waals surface area contributed by atoms with E-state index in [1.54, 1.807) is 0 Å². The molecule has 0 saturated carbocycles. The maximum atomic E-state index is 12.1. The first-order valence-electron chi connectivity index (χ1n) is 7.93. The predicted octanol–water partition coefficient (Wildman–Crippen LogP) is 4.63. The minimum Gasteiger partial charge on any atom is -0.361 e. The van der Waals surface area contributed by atoms with Crippen molar-refractivity contribution in [2.45, 2.75) is 32.6 Å². The standard InChI is InChI=1S/C18H21ClN2O/c1-2-3-4-18(22)21-9-7-13(8-10-21)16-12-20-17-11-14(19)5-6-15(16)17/h5-7,11-12,20H,2-4,8-10H2,1H3. The lowest BCUT2D eigenvalue weighted by Gasteiger charge is -2.26. The molecule has 1 amide bonds. The summed E-state index contributed by atoms with van der Waals surface area (Å²) in [6.07, 6.45) is 7.86. The third-order valence-corrected chi connectivity index (χ3v) is 4.53. The van der Waals surface area contributed by atoms with Crippen LogP contribution in [0, 0.1) is 0 Å². The first-order valence-corrected chi connectivity index (χ1v) is 8.30. The summed E-state index contributed by atoms with van der Waals surface area (Å²) in [5.41, 5.74) is 3.60. The summed E-state index contributed by atoms with van der Waals surface area (Å²) < 4.78 is 0. The molecule has 0 spiro atoms. The Balaban J connectivity index is 1.76. The van der Waals surface area contributed by atoms with Gasteiger partial charge in [0.05, 0.1) is 0 Å². The molecule has 0 aliphatic carbocycles. The number of carbonyl (C=O) groups is 1. The normalized spacial score (nSPS) is 15.2. The molecule has 1 aliphatic rings. The molecular formula is C18H21ClN2O. The number of benzene rings is 1. The van der Waals surface area contributed by atoms with E-state index in [4.69, 9.17) is 11.6 Å². The summed E-state index contributed by atoms with van der Waals surface area (Å²) in [6, 6.07) is 5.93. The van der Waals surface area contributed by atoms with Gasteiger partial charge < -0.3 is 9.88 Å². The summed E-state index contributed by atoms with van der Waals surface area (Å²) in [7, 11) is 0. The van der Waals surface area contributed by atoms with E-state index in [1.807, 2.05) is 23.2 Å². The number of aromatic amines is 1. The summed E-state index contributed by atoms with van der Waals surface area (Å²) in [4.78, 5) is 17.3. The lowest BCUT2D eigenvalue weighted by molar-refractivity contribution is -0.130. The Morgan fingerprint density at radius 3 is 3.00 bits per heavy atom. The minimum atomic E-state index is 0.280. The maximum Gasteiger partial charge on any atom is 0.222 e. The van der Waals surface area contributed by atoms with Gasteiger partial charge in [-0.1, -0.05) is 37.1 Å². The molecule has 1 N–H and O–H groups in total. The zero-order valence-corrected chi connectivity index (χ0v) is 13.6. The number of rotatable bonds is 4. The van der Waals surface area contributed by atoms with Crippen LogP contribution in [0.1, 0.15) is 38.2 Å². The molecule has 1 aromatic carbocycles. The molecule has 0 saturated heterocycles. The van der Waals surface area contributed by atoms with Crippen molar-refractivity contribution in [3.05, 3.63) is 41.1 Å². The molecule has 1 aromatic heterocycles. The van der Waals surface area contributed by atoms with E-state index in [1.165, 1.54) is 16.5 Å². The molecule has 1 aliphatic heterocycles. The van der Waals surface area contributed by atoms with Crippen molar-refractivity contribution in [2.24, 2.45) is 0 Å². The number of aromatic nitrogens is 1. The van der Waals surface area contributed by atoms with Crippen LogP contribution < -0.4 is 0 Å². The van der Waals surface area contributed by atoms with Crippen molar-refractivity contribution in [2.75, 3.05) is 13.1 Å². The fraction of sp³-hybridized carbons (Fsp3) is 0.389. The highest BCUT2D eigenvalue weighted by Crippen LogP contribution is 2.30. The van der Waals surface area contributed by atoms with Gasteiger partial charge in [-0.15, -0.1) is 0 Å². The van der Waals surface area contributed by atoms with Gasteiger partial charge in [-0.25, -0.2) is 0 Å². The van der Waals surface area contributed by atoms with Gasteiger partial charge in [-0.3, -0.25) is 4.79 Å². The number of nitrogens with one attached hydrogen (secondary N) is 1. The van der Waals surface area contributed by atoms with Gasteiger partial charge in [0.2, 0.25) is 5.91 Å². The largest absolute Gasteiger partial charge is 0.361 e. The summed E-state index contributed by atoms with van der Waals surface area (Å²) in [5.74, 6) is 0.280. The van der Waals surface area contributed by atoms with Crippen molar-refractivity contribution in [3.63, 3.8) is 0 Å². The SMILES string of the molecule is CCCCC(=O)N1CC=C(c2c[nH]c3cc(Cl)ccc23)CC1. The molecule has 0 atom stereocenters. The van der Waals surface area contributed by atoms with E-state index in [0.717, 1.165) is 42.9 Å². The number of nitrogens with zero attached hydrogens (tertiary/aromatic N) is 1. The average molecular weight is 317 g/mol. The average Bonchev–Trinajstić information content (AvgIpc) is 2.95. The molecule has 2 aromatic rings. The Hall–Kier alpha value is -1.74. The highest BCUT2D eigenvalue weighted by molar-refractivity contribution is 6.31. The monoisotopic (exact) mass is 316 g/mol. The van der Waals surface area contributed by atoms with E-state index < -0.39 is 0 Å². The van der Waals surface area contributed by atoms with Crippen LogP contribution in [0.4, 0.5) is 0 Å². The second-order valence-corrected chi connectivity index (χ2v) is 6.25. The fourth-order valence-electron chi connectivity index (χ4n) is 2.99. The lowest BCUT2D eigenvalue weighted by atomic mass is 9.98.